The zero-order valence-corrected chi connectivity index (χ0v) is 14.7. The third kappa shape index (κ3) is 6.60. The van der Waals surface area contributed by atoms with Gasteiger partial charge in [0.25, 0.3) is 0 Å². The highest BCUT2D eigenvalue weighted by Crippen LogP contribution is 2.10. The number of thioether (sulfide) groups is 1. The zero-order valence-electron chi connectivity index (χ0n) is 13.1. The molecular weight excluding hydrogens is 348 g/mol. The molecule has 24 heavy (non-hydrogen) atoms. The molecule has 0 radical (unpaired) electrons. The van der Waals surface area contributed by atoms with Crippen LogP contribution in [0.4, 0.5) is 5.69 Å². The number of aryl methyl sites for hydroxylation is 1. The normalized spacial score (nSPS) is 10.2. The van der Waals surface area contributed by atoms with E-state index < -0.39 is 0 Å². The van der Waals surface area contributed by atoms with Crippen LogP contribution < -0.4 is 5.32 Å². The Morgan fingerprint density at radius 3 is 2.58 bits per heavy atom. The van der Waals surface area contributed by atoms with Gasteiger partial charge in [-0.3, -0.25) is 9.59 Å². The lowest BCUT2D eigenvalue weighted by Gasteiger charge is -2.06. The van der Waals surface area contributed by atoms with Crippen molar-refractivity contribution in [3.05, 3.63) is 58.9 Å². The average Bonchev–Trinajstić information content (AvgIpc) is 2.56. The molecule has 0 aliphatic carbocycles. The van der Waals surface area contributed by atoms with Gasteiger partial charge in [-0.25, -0.2) is 4.98 Å². The molecule has 0 saturated heterocycles. The van der Waals surface area contributed by atoms with Gasteiger partial charge in [0.2, 0.25) is 5.91 Å². The molecule has 0 bridgehead atoms. The maximum absolute atomic E-state index is 11.8. The van der Waals surface area contributed by atoms with Crippen molar-refractivity contribution in [3.63, 3.8) is 0 Å². The van der Waals surface area contributed by atoms with Crippen LogP contribution >= 0.6 is 23.4 Å². The van der Waals surface area contributed by atoms with E-state index in [0.29, 0.717) is 5.15 Å². The van der Waals surface area contributed by atoms with Crippen LogP contribution in [0.3, 0.4) is 0 Å². The molecule has 0 aliphatic heterocycles. The van der Waals surface area contributed by atoms with Crippen molar-refractivity contribution >= 4 is 40.9 Å². The second-order valence-corrected chi connectivity index (χ2v) is 6.43. The Balaban J connectivity index is 1.63. The number of halogens is 1. The highest BCUT2D eigenvalue weighted by Gasteiger charge is 2.07. The van der Waals surface area contributed by atoms with Crippen molar-refractivity contribution in [2.24, 2.45) is 0 Å². The summed E-state index contributed by atoms with van der Waals surface area (Å²) in [7, 11) is 0. The van der Waals surface area contributed by atoms with E-state index in [1.54, 1.807) is 18.3 Å². The first kappa shape index (κ1) is 18.3. The van der Waals surface area contributed by atoms with Gasteiger partial charge in [0, 0.05) is 17.4 Å². The van der Waals surface area contributed by atoms with Gasteiger partial charge in [0.05, 0.1) is 11.5 Å². The number of hydrogen-bond acceptors (Lipinski definition) is 5. The van der Waals surface area contributed by atoms with E-state index in [-0.39, 0.29) is 30.0 Å². The smallest absolute Gasteiger partial charge is 0.316 e. The molecule has 0 saturated carbocycles. The number of nitrogens with zero attached hydrogens (tertiary/aromatic N) is 1. The molecule has 1 aromatic heterocycles. The molecule has 1 heterocycles. The lowest BCUT2D eigenvalue weighted by molar-refractivity contribution is -0.141. The number of rotatable bonds is 7. The minimum absolute atomic E-state index is 0.113. The number of benzene rings is 1. The second kappa shape index (κ2) is 9.30. The van der Waals surface area contributed by atoms with Gasteiger partial charge in [-0.15, -0.1) is 11.8 Å². The molecule has 2 aromatic rings. The number of pyridine rings is 1. The molecule has 1 amide bonds. The summed E-state index contributed by atoms with van der Waals surface area (Å²) in [6, 6.07) is 10.9. The van der Waals surface area contributed by atoms with Gasteiger partial charge >= 0.3 is 5.97 Å². The Labute approximate surface area is 149 Å². The molecule has 0 unspecified atom stereocenters. The minimum atomic E-state index is -0.377. The Morgan fingerprint density at radius 2 is 1.92 bits per heavy atom. The van der Waals surface area contributed by atoms with E-state index in [1.807, 2.05) is 31.2 Å². The molecule has 1 aromatic carbocycles. The van der Waals surface area contributed by atoms with Gasteiger partial charge in [0.15, 0.2) is 0 Å². The van der Waals surface area contributed by atoms with Crippen LogP contribution in [-0.2, 0) is 20.9 Å². The number of amides is 1. The lowest BCUT2D eigenvalue weighted by Crippen LogP contribution is -2.16. The van der Waals surface area contributed by atoms with Gasteiger partial charge in [-0.1, -0.05) is 35.4 Å². The number of hydrogen-bond donors (Lipinski definition) is 1. The van der Waals surface area contributed by atoms with Crippen LogP contribution in [0.25, 0.3) is 0 Å². The van der Waals surface area contributed by atoms with E-state index in [2.05, 4.69) is 10.3 Å². The van der Waals surface area contributed by atoms with Crippen LogP contribution in [-0.4, -0.2) is 28.4 Å². The fourth-order valence-electron chi connectivity index (χ4n) is 1.76. The minimum Gasteiger partial charge on any atom is -0.460 e. The highest BCUT2D eigenvalue weighted by molar-refractivity contribution is 8.00. The summed E-state index contributed by atoms with van der Waals surface area (Å²) in [6.45, 7) is 2.12. The number of carbonyl (C=O) groups is 2. The molecule has 0 fully saturated rings. The first-order valence-electron chi connectivity index (χ1n) is 7.23. The van der Waals surface area contributed by atoms with Crippen molar-refractivity contribution in [2.75, 3.05) is 16.8 Å². The molecule has 1 N–H and O–H groups in total. The van der Waals surface area contributed by atoms with E-state index in [1.165, 1.54) is 11.8 Å². The van der Waals surface area contributed by atoms with E-state index in [4.69, 9.17) is 16.3 Å². The van der Waals surface area contributed by atoms with Gasteiger partial charge in [0.1, 0.15) is 11.8 Å². The fourth-order valence-corrected chi connectivity index (χ4v) is 2.48. The highest BCUT2D eigenvalue weighted by atomic mass is 35.5. The van der Waals surface area contributed by atoms with Crippen LogP contribution in [0.5, 0.6) is 0 Å². The van der Waals surface area contributed by atoms with Crippen LogP contribution in [0.2, 0.25) is 5.15 Å². The Kier molecular flexibility index (Phi) is 7.08. The molecule has 126 valence electrons. The maximum Gasteiger partial charge on any atom is 0.316 e. The number of aromatic nitrogens is 1. The molecule has 5 nitrogen and oxygen atoms in total. The standard InChI is InChI=1S/C17H17ClN2O3S/c1-12-2-5-14(6-3-12)20-16(21)10-24-11-17(22)23-9-13-4-7-15(18)19-8-13/h2-8H,9-11H2,1H3,(H,20,21). The number of anilines is 1. The summed E-state index contributed by atoms with van der Waals surface area (Å²) >= 11 is 6.88. The second-order valence-electron chi connectivity index (χ2n) is 5.06. The topological polar surface area (TPSA) is 68.3 Å². The number of esters is 1. The summed E-state index contributed by atoms with van der Waals surface area (Å²) in [5.41, 5.74) is 2.62. The molecule has 2 rings (SSSR count). The van der Waals surface area contributed by atoms with E-state index in [0.717, 1.165) is 16.8 Å². The monoisotopic (exact) mass is 364 g/mol. The summed E-state index contributed by atoms with van der Waals surface area (Å²) < 4.78 is 5.11. The number of nitrogens with one attached hydrogen (secondary N) is 1. The predicted octanol–water partition coefficient (Wildman–Crippen LogP) is 3.46. The maximum atomic E-state index is 11.8. The van der Waals surface area contributed by atoms with E-state index >= 15 is 0 Å². The van der Waals surface area contributed by atoms with Crippen LogP contribution in [0, 0.1) is 6.92 Å². The van der Waals surface area contributed by atoms with E-state index in [9.17, 15) is 9.59 Å². The van der Waals surface area contributed by atoms with Gasteiger partial charge < -0.3 is 10.1 Å². The zero-order chi connectivity index (χ0) is 17.4. The van der Waals surface area contributed by atoms with Crippen LogP contribution in [0.1, 0.15) is 11.1 Å². The molecule has 0 spiro atoms. The summed E-state index contributed by atoms with van der Waals surface area (Å²) in [5.74, 6) is -0.231. The Bertz CT molecular complexity index is 690. The summed E-state index contributed by atoms with van der Waals surface area (Å²) in [4.78, 5) is 27.3. The number of carbonyl (C=O) groups excluding carboxylic acids is 2. The quantitative estimate of drug-likeness (QED) is 0.602. The molecular formula is C17H17ClN2O3S. The first-order chi connectivity index (χ1) is 11.5. The van der Waals surface area contributed by atoms with Gasteiger partial charge in [-0.05, 0) is 25.1 Å². The van der Waals surface area contributed by atoms with Crippen molar-refractivity contribution < 1.29 is 14.3 Å². The molecule has 0 aliphatic rings. The lowest BCUT2D eigenvalue weighted by atomic mass is 10.2. The predicted molar refractivity (Wildman–Crippen MR) is 96.2 cm³/mol. The van der Waals surface area contributed by atoms with Crippen molar-refractivity contribution in [3.8, 4) is 0 Å². The average molecular weight is 365 g/mol. The molecule has 7 heteroatoms. The third-order valence-electron chi connectivity index (χ3n) is 2.98. The first-order valence-corrected chi connectivity index (χ1v) is 8.76. The Morgan fingerprint density at radius 1 is 1.17 bits per heavy atom. The van der Waals surface area contributed by atoms with Crippen molar-refractivity contribution in [1.29, 1.82) is 0 Å². The third-order valence-corrected chi connectivity index (χ3v) is 4.11. The summed E-state index contributed by atoms with van der Waals surface area (Å²) in [5, 5.41) is 3.16. The van der Waals surface area contributed by atoms with Crippen molar-refractivity contribution in [2.45, 2.75) is 13.5 Å². The van der Waals surface area contributed by atoms with Crippen LogP contribution in [0.15, 0.2) is 42.6 Å². The van der Waals surface area contributed by atoms with Crippen molar-refractivity contribution in [1.82, 2.24) is 4.98 Å². The Hall–Kier alpha value is -2.05. The summed E-state index contributed by atoms with van der Waals surface area (Å²) in [6.07, 6.45) is 1.55. The van der Waals surface area contributed by atoms with Gasteiger partial charge in [-0.2, -0.15) is 0 Å². The fraction of sp³-hybridized carbons (Fsp3) is 0.235. The number of ether oxygens (including phenoxy) is 1. The largest absolute Gasteiger partial charge is 0.460 e. The molecule has 0 atom stereocenters. The SMILES string of the molecule is Cc1ccc(NC(=O)CSCC(=O)OCc2ccc(Cl)nc2)cc1.